The van der Waals surface area contributed by atoms with Gasteiger partial charge >= 0.3 is 0 Å². The summed E-state index contributed by atoms with van der Waals surface area (Å²) in [6.45, 7) is 6.45. The molecule has 6 nitrogen and oxygen atoms in total. The molecule has 2 aromatic carbocycles. The van der Waals surface area contributed by atoms with Crippen LogP contribution >= 0.6 is 27.7 Å². The van der Waals surface area contributed by atoms with Crippen molar-refractivity contribution in [3.8, 4) is 17.2 Å². The van der Waals surface area contributed by atoms with Crippen LogP contribution in [0.4, 0.5) is 4.79 Å². The summed E-state index contributed by atoms with van der Waals surface area (Å²) in [5.74, 6) is 0.874. The van der Waals surface area contributed by atoms with Crippen molar-refractivity contribution in [1.29, 1.82) is 0 Å². The third-order valence-corrected chi connectivity index (χ3v) is 7.47. The van der Waals surface area contributed by atoms with E-state index in [1.54, 1.807) is 25.3 Å². The van der Waals surface area contributed by atoms with E-state index < -0.39 is 0 Å². The number of halogens is 1. The summed E-state index contributed by atoms with van der Waals surface area (Å²) in [6.07, 6.45) is 1.80. The molecule has 0 saturated carbocycles. The second kappa shape index (κ2) is 10.1. The van der Waals surface area contributed by atoms with Crippen molar-refractivity contribution >= 4 is 44.9 Å². The van der Waals surface area contributed by atoms with Crippen LogP contribution in [0.1, 0.15) is 22.5 Å². The summed E-state index contributed by atoms with van der Waals surface area (Å²) in [7, 11) is 1.57. The second-order valence-corrected chi connectivity index (χ2v) is 9.78. The van der Waals surface area contributed by atoms with Gasteiger partial charge < -0.3 is 14.0 Å². The largest absolute Gasteiger partial charge is 0.493 e. The molecule has 1 aliphatic rings. The molecule has 0 atom stereocenters. The normalized spacial score (nSPS) is 14.9. The lowest BCUT2D eigenvalue weighted by molar-refractivity contribution is -0.123. The van der Waals surface area contributed by atoms with Crippen LogP contribution in [-0.4, -0.2) is 40.9 Å². The van der Waals surface area contributed by atoms with Crippen LogP contribution in [0.2, 0.25) is 0 Å². The minimum Gasteiger partial charge on any atom is -0.493 e. The molecule has 176 valence electrons. The molecular formula is C26H25BrN2O4S. The van der Waals surface area contributed by atoms with Crippen LogP contribution in [0.15, 0.2) is 57.9 Å². The number of thioether (sulfide) groups is 1. The number of benzene rings is 2. The van der Waals surface area contributed by atoms with Gasteiger partial charge in [0.05, 0.1) is 18.6 Å². The summed E-state index contributed by atoms with van der Waals surface area (Å²) < 4.78 is 14.2. The van der Waals surface area contributed by atoms with E-state index >= 15 is 0 Å². The van der Waals surface area contributed by atoms with Gasteiger partial charge in [0.1, 0.15) is 6.61 Å². The fourth-order valence-corrected chi connectivity index (χ4v) is 5.02. The SMILES string of the molecule is COc1ccccc1OCCN1C(=O)S/C(=C\c2cc(C)n(-c3ccc(Br)c(C)c3)c2C)C1=O. The average molecular weight is 541 g/mol. The average Bonchev–Trinajstić information content (AvgIpc) is 3.25. The highest BCUT2D eigenvalue weighted by Crippen LogP contribution is 2.34. The molecular weight excluding hydrogens is 516 g/mol. The number of imide groups is 1. The molecule has 1 fully saturated rings. The number of aryl methyl sites for hydroxylation is 2. The molecule has 2 amide bonds. The van der Waals surface area contributed by atoms with E-state index in [0.29, 0.717) is 16.4 Å². The lowest BCUT2D eigenvalue weighted by Gasteiger charge is -2.14. The number of rotatable bonds is 7. The number of para-hydroxylation sites is 2. The highest BCUT2D eigenvalue weighted by Gasteiger charge is 2.35. The molecule has 0 spiro atoms. The zero-order valence-electron chi connectivity index (χ0n) is 19.4. The van der Waals surface area contributed by atoms with Gasteiger partial charge in [0, 0.05) is 21.5 Å². The Balaban J connectivity index is 1.50. The Morgan fingerprint density at radius 3 is 2.47 bits per heavy atom. The van der Waals surface area contributed by atoms with Crippen molar-refractivity contribution < 1.29 is 19.1 Å². The number of hydrogen-bond donors (Lipinski definition) is 0. The molecule has 34 heavy (non-hydrogen) atoms. The van der Waals surface area contributed by atoms with E-state index in [4.69, 9.17) is 9.47 Å². The highest BCUT2D eigenvalue weighted by molar-refractivity contribution is 9.10. The third kappa shape index (κ3) is 4.79. The number of ether oxygens (including phenoxy) is 2. The minimum atomic E-state index is -0.303. The first-order valence-electron chi connectivity index (χ1n) is 10.8. The minimum absolute atomic E-state index is 0.164. The van der Waals surface area contributed by atoms with Gasteiger partial charge in [-0.2, -0.15) is 0 Å². The molecule has 0 unspecified atom stereocenters. The van der Waals surface area contributed by atoms with Gasteiger partial charge in [0.15, 0.2) is 11.5 Å². The summed E-state index contributed by atoms with van der Waals surface area (Å²) in [5, 5.41) is -0.294. The monoisotopic (exact) mass is 540 g/mol. The smallest absolute Gasteiger partial charge is 0.293 e. The maximum absolute atomic E-state index is 13.0. The quantitative estimate of drug-likeness (QED) is 0.329. The molecule has 0 bridgehead atoms. The molecule has 2 heterocycles. The lowest BCUT2D eigenvalue weighted by atomic mass is 10.2. The summed E-state index contributed by atoms with van der Waals surface area (Å²) >= 11 is 4.51. The fraction of sp³-hybridized carbons (Fsp3) is 0.231. The molecule has 0 radical (unpaired) electrons. The molecule has 0 aliphatic carbocycles. The highest BCUT2D eigenvalue weighted by atomic mass is 79.9. The van der Waals surface area contributed by atoms with Crippen molar-refractivity contribution in [2.75, 3.05) is 20.3 Å². The Hall–Kier alpha value is -2.97. The summed E-state index contributed by atoms with van der Waals surface area (Å²) in [5.41, 5.74) is 5.16. The van der Waals surface area contributed by atoms with Gasteiger partial charge in [0.25, 0.3) is 11.1 Å². The Morgan fingerprint density at radius 1 is 1.03 bits per heavy atom. The van der Waals surface area contributed by atoms with Crippen LogP contribution in [0, 0.1) is 20.8 Å². The van der Waals surface area contributed by atoms with E-state index in [1.165, 1.54) is 4.90 Å². The molecule has 0 N–H and O–H groups in total. The van der Waals surface area contributed by atoms with Crippen molar-refractivity contribution in [3.63, 3.8) is 0 Å². The number of amides is 2. The van der Waals surface area contributed by atoms with E-state index in [2.05, 4.69) is 39.6 Å². The molecule has 1 saturated heterocycles. The van der Waals surface area contributed by atoms with E-state index in [0.717, 1.165) is 44.4 Å². The predicted molar refractivity (Wildman–Crippen MR) is 139 cm³/mol. The predicted octanol–water partition coefficient (Wildman–Crippen LogP) is 6.29. The number of carbonyl (C=O) groups excluding carboxylic acids is 2. The number of nitrogens with zero attached hydrogens (tertiary/aromatic N) is 2. The van der Waals surface area contributed by atoms with Crippen molar-refractivity contribution in [2.45, 2.75) is 20.8 Å². The standard InChI is InChI=1S/C26H25BrN2O4S/c1-16-13-20(9-10-21(16)27)29-17(2)14-19(18(29)3)15-24-25(30)28(26(31)34-24)11-12-33-23-8-6-5-7-22(23)32-4/h5-10,13-15H,11-12H2,1-4H3/b24-15-. The van der Waals surface area contributed by atoms with Crippen LogP contribution in [0.25, 0.3) is 11.8 Å². The van der Waals surface area contributed by atoms with E-state index in [-0.39, 0.29) is 24.3 Å². The van der Waals surface area contributed by atoms with Gasteiger partial charge in [0.2, 0.25) is 0 Å². The van der Waals surface area contributed by atoms with Gasteiger partial charge in [-0.05, 0) is 86.1 Å². The third-order valence-electron chi connectivity index (χ3n) is 5.67. The Labute approximate surface area is 211 Å². The van der Waals surface area contributed by atoms with Crippen molar-refractivity contribution in [1.82, 2.24) is 9.47 Å². The van der Waals surface area contributed by atoms with Gasteiger partial charge in [-0.1, -0.05) is 28.1 Å². The number of hydrogen-bond acceptors (Lipinski definition) is 5. The Kier molecular flexibility index (Phi) is 7.19. The second-order valence-electron chi connectivity index (χ2n) is 7.93. The summed E-state index contributed by atoms with van der Waals surface area (Å²) in [6, 6.07) is 15.5. The van der Waals surface area contributed by atoms with Crippen LogP contribution in [-0.2, 0) is 4.79 Å². The van der Waals surface area contributed by atoms with Crippen LogP contribution in [0.5, 0.6) is 11.5 Å². The molecule has 1 aliphatic heterocycles. The van der Waals surface area contributed by atoms with Crippen molar-refractivity contribution in [3.05, 3.63) is 80.4 Å². The van der Waals surface area contributed by atoms with Gasteiger partial charge in [-0.15, -0.1) is 0 Å². The zero-order valence-corrected chi connectivity index (χ0v) is 21.8. The van der Waals surface area contributed by atoms with Gasteiger partial charge in [-0.25, -0.2) is 0 Å². The van der Waals surface area contributed by atoms with E-state index in [9.17, 15) is 9.59 Å². The topological polar surface area (TPSA) is 60.8 Å². The lowest BCUT2D eigenvalue weighted by Crippen LogP contribution is -2.32. The van der Waals surface area contributed by atoms with Crippen LogP contribution in [0.3, 0.4) is 0 Å². The fourth-order valence-electron chi connectivity index (χ4n) is 3.92. The number of methoxy groups -OCH3 is 1. The number of carbonyl (C=O) groups is 2. The first-order chi connectivity index (χ1) is 16.3. The zero-order chi connectivity index (χ0) is 24.4. The first kappa shape index (κ1) is 24.2. The maximum atomic E-state index is 13.0. The molecule has 3 aromatic rings. The molecule has 8 heteroatoms. The van der Waals surface area contributed by atoms with Crippen LogP contribution < -0.4 is 9.47 Å². The van der Waals surface area contributed by atoms with Gasteiger partial charge in [-0.3, -0.25) is 14.5 Å². The Bertz CT molecular complexity index is 1300. The molecule has 4 rings (SSSR count). The maximum Gasteiger partial charge on any atom is 0.293 e. The Morgan fingerprint density at radius 2 is 1.76 bits per heavy atom. The van der Waals surface area contributed by atoms with E-state index in [1.807, 2.05) is 38.1 Å². The summed E-state index contributed by atoms with van der Waals surface area (Å²) in [4.78, 5) is 27.1. The molecule has 1 aromatic heterocycles. The number of aromatic nitrogens is 1. The van der Waals surface area contributed by atoms with Crippen molar-refractivity contribution in [2.24, 2.45) is 0 Å². The first-order valence-corrected chi connectivity index (χ1v) is 12.4.